The van der Waals surface area contributed by atoms with Gasteiger partial charge in [0.05, 0.1) is 29.6 Å². The van der Waals surface area contributed by atoms with Gasteiger partial charge in [0.15, 0.2) is 0 Å². The van der Waals surface area contributed by atoms with Crippen molar-refractivity contribution in [3.8, 4) is 0 Å². The fourth-order valence-corrected chi connectivity index (χ4v) is 2.90. The molecule has 1 heterocycles. The van der Waals surface area contributed by atoms with Crippen LogP contribution in [0.25, 0.3) is 0 Å². The van der Waals surface area contributed by atoms with Crippen LogP contribution in [0.2, 0.25) is 0 Å². The Morgan fingerprint density at radius 3 is 2.88 bits per heavy atom. The topological polar surface area (TPSA) is 94.5 Å². The maximum absolute atomic E-state index is 13.5. The summed E-state index contributed by atoms with van der Waals surface area (Å²) >= 11 is 0. The van der Waals surface area contributed by atoms with Crippen molar-refractivity contribution in [1.82, 2.24) is 10.6 Å². The van der Waals surface area contributed by atoms with Gasteiger partial charge in [0.1, 0.15) is 11.6 Å². The summed E-state index contributed by atoms with van der Waals surface area (Å²) in [7, 11) is 1.65. The molecule has 1 aliphatic rings. The molecule has 0 saturated heterocycles. The van der Waals surface area contributed by atoms with E-state index < -0.39 is 11.9 Å². The number of hydrogen-bond donors (Lipinski definition) is 3. The summed E-state index contributed by atoms with van der Waals surface area (Å²) in [4.78, 5) is 0. The van der Waals surface area contributed by atoms with Crippen molar-refractivity contribution < 1.29 is 14.0 Å². The van der Waals surface area contributed by atoms with Crippen molar-refractivity contribution in [2.45, 2.75) is 38.7 Å². The number of hydrogen-bond acceptors (Lipinski definition) is 6. The van der Waals surface area contributed by atoms with Crippen LogP contribution in [0.1, 0.15) is 48.5 Å². The fourth-order valence-electron chi connectivity index (χ4n) is 2.90. The van der Waals surface area contributed by atoms with E-state index in [1.165, 1.54) is 31.0 Å². The minimum Gasteiger partial charge on any atom is -0.389 e. The number of nitrogens with zero attached hydrogens (tertiary/aromatic N) is 2. The standard InChI is InChI=1S/C19H23FN4O2/c1-11(25)17-8-13(20)5-6-16(17)19(21)18(23-22-2)10-15-9-14(24-26-15)7-12-3-4-12/h5-6,8-9,11-12,21-22,25H,3-4,7,10H2,1-2H3/b21-19?,23-18-/t11-/m1/s1. The summed E-state index contributed by atoms with van der Waals surface area (Å²) in [6.45, 7) is 1.54. The van der Waals surface area contributed by atoms with Crippen LogP contribution >= 0.6 is 0 Å². The lowest BCUT2D eigenvalue weighted by Gasteiger charge is -2.14. The van der Waals surface area contributed by atoms with E-state index in [4.69, 9.17) is 9.93 Å². The van der Waals surface area contributed by atoms with Gasteiger partial charge in [-0.2, -0.15) is 5.10 Å². The Labute approximate surface area is 151 Å². The van der Waals surface area contributed by atoms with Crippen molar-refractivity contribution in [3.63, 3.8) is 0 Å². The highest BCUT2D eigenvalue weighted by Crippen LogP contribution is 2.32. The largest absolute Gasteiger partial charge is 0.389 e. The Morgan fingerprint density at radius 2 is 2.23 bits per heavy atom. The third-order valence-electron chi connectivity index (χ3n) is 4.41. The fraction of sp³-hybridized carbons (Fsp3) is 0.421. The van der Waals surface area contributed by atoms with E-state index in [0.717, 1.165) is 12.1 Å². The lowest BCUT2D eigenvalue weighted by Crippen LogP contribution is -2.22. The number of hydrazone groups is 1. The smallest absolute Gasteiger partial charge is 0.143 e. The van der Waals surface area contributed by atoms with Crippen LogP contribution in [0, 0.1) is 17.1 Å². The van der Waals surface area contributed by atoms with Gasteiger partial charge in [0, 0.05) is 18.7 Å². The van der Waals surface area contributed by atoms with E-state index in [1.807, 2.05) is 6.07 Å². The summed E-state index contributed by atoms with van der Waals surface area (Å²) in [5, 5.41) is 26.7. The number of benzene rings is 1. The molecule has 26 heavy (non-hydrogen) atoms. The summed E-state index contributed by atoms with van der Waals surface area (Å²) < 4.78 is 18.9. The van der Waals surface area contributed by atoms with Gasteiger partial charge in [-0.25, -0.2) is 4.39 Å². The van der Waals surface area contributed by atoms with E-state index >= 15 is 0 Å². The van der Waals surface area contributed by atoms with Crippen LogP contribution in [0.4, 0.5) is 4.39 Å². The summed E-state index contributed by atoms with van der Waals surface area (Å²) in [5.74, 6) is 0.883. The first-order valence-corrected chi connectivity index (χ1v) is 8.72. The zero-order valence-electron chi connectivity index (χ0n) is 14.9. The Hall–Kier alpha value is -2.54. The third kappa shape index (κ3) is 4.35. The van der Waals surface area contributed by atoms with E-state index in [1.54, 1.807) is 14.0 Å². The molecule has 1 aromatic heterocycles. The molecule has 1 atom stereocenters. The first kappa shape index (κ1) is 18.3. The van der Waals surface area contributed by atoms with Gasteiger partial charge >= 0.3 is 0 Å². The predicted molar refractivity (Wildman–Crippen MR) is 97.0 cm³/mol. The number of halogens is 1. The lowest BCUT2D eigenvalue weighted by atomic mass is 9.95. The van der Waals surface area contributed by atoms with E-state index in [-0.39, 0.29) is 12.1 Å². The maximum atomic E-state index is 13.5. The third-order valence-corrected chi connectivity index (χ3v) is 4.41. The number of aromatic nitrogens is 1. The molecule has 2 aromatic rings. The van der Waals surface area contributed by atoms with E-state index in [0.29, 0.717) is 28.5 Å². The van der Waals surface area contributed by atoms with E-state index in [2.05, 4.69) is 15.7 Å². The average molecular weight is 358 g/mol. The Bertz CT molecular complexity index is 825. The highest BCUT2D eigenvalue weighted by molar-refractivity contribution is 6.47. The minimum atomic E-state index is -0.896. The van der Waals surface area contributed by atoms with Crippen molar-refractivity contribution in [1.29, 1.82) is 5.41 Å². The molecule has 1 aliphatic carbocycles. The molecule has 0 unspecified atom stereocenters. The summed E-state index contributed by atoms with van der Waals surface area (Å²) in [6.07, 6.45) is 2.79. The number of rotatable bonds is 8. The SMILES string of the molecule is CN/N=C(/Cc1cc(CC2CC2)no1)C(=N)c1ccc(F)cc1[C@@H](C)O. The van der Waals surface area contributed by atoms with Crippen molar-refractivity contribution in [3.05, 3.63) is 52.7 Å². The molecule has 1 aromatic carbocycles. The second-order valence-electron chi connectivity index (χ2n) is 6.67. The first-order chi connectivity index (χ1) is 12.5. The van der Waals surface area contributed by atoms with Crippen molar-refractivity contribution >= 4 is 11.4 Å². The highest BCUT2D eigenvalue weighted by atomic mass is 19.1. The number of nitrogens with one attached hydrogen (secondary N) is 2. The molecule has 3 rings (SSSR count). The van der Waals surface area contributed by atoms with Crippen LogP contribution in [0.15, 0.2) is 33.9 Å². The quantitative estimate of drug-likeness (QED) is 0.499. The monoisotopic (exact) mass is 358 g/mol. The Balaban J connectivity index is 1.82. The molecule has 138 valence electrons. The molecule has 0 spiro atoms. The second-order valence-corrected chi connectivity index (χ2v) is 6.67. The van der Waals surface area contributed by atoms with Gasteiger partial charge in [0.25, 0.3) is 0 Å². The van der Waals surface area contributed by atoms with Crippen LogP contribution in [0.3, 0.4) is 0 Å². The molecule has 1 saturated carbocycles. The molecule has 0 aliphatic heterocycles. The van der Waals surface area contributed by atoms with Crippen LogP contribution in [-0.2, 0) is 12.8 Å². The molecular formula is C19H23FN4O2. The van der Waals surface area contributed by atoms with Gasteiger partial charge in [-0.3, -0.25) is 5.41 Å². The lowest BCUT2D eigenvalue weighted by molar-refractivity contribution is 0.198. The zero-order valence-corrected chi connectivity index (χ0v) is 14.9. The van der Waals surface area contributed by atoms with Gasteiger partial charge in [-0.05, 0) is 55.9 Å². The normalized spacial score (nSPS) is 15.8. The molecule has 0 amide bonds. The zero-order chi connectivity index (χ0) is 18.7. The van der Waals surface area contributed by atoms with Gasteiger partial charge < -0.3 is 15.1 Å². The maximum Gasteiger partial charge on any atom is 0.143 e. The molecule has 0 bridgehead atoms. The molecule has 0 radical (unpaired) electrons. The second kappa shape index (κ2) is 7.78. The first-order valence-electron chi connectivity index (χ1n) is 8.72. The minimum absolute atomic E-state index is 0.107. The van der Waals surface area contributed by atoms with E-state index in [9.17, 15) is 9.50 Å². The van der Waals surface area contributed by atoms with Gasteiger partial charge in [0.2, 0.25) is 0 Å². The Kier molecular flexibility index (Phi) is 5.46. The van der Waals surface area contributed by atoms with Crippen molar-refractivity contribution in [2.24, 2.45) is 11.0 Å². The van der Waals surface area contributed by atoms with Crippen LogP contribution < -0.4 is 5.43 Å². The molecule has 7 heteroatoms. The molecule has 1 fully saturated rings. The average Bonchev–Trinajstić information content (AvgIpc) is 3.31. The van der Waals surface area contributed by atoms with Gasteiger partial charge in [-0.1, -0.05) is 5.16 Å². The van der Waals surface area contributed by atoms with Gasteiger partial charge in [-0.15, -0.1) is 0 Å². The number of aliphatic hydroxyl groups is 1. The molecular weight excluding hydrogens is 335 g/mol. The van der Waals surface area contributed by atoms with Crippen LogP contribution in [0.5, 0.6) is 0 Å². The molecule has 3 N–H and O–H groups in total. The summed E-state index contributed by atoms with van der Waals surface area (Å²) in [5.41, 5.74) is 4.94. The predicted octanol–water partition coefficient (Wildman–Crippen LogP) is 3.01. The summed E-state index contributed by atoms with van der Waals surface area (Å²) in [6, 6.07) is 5.91. The highest BCUT2D eigenvalue weighted by Gasteiger charge is 2.24. The van der Waals surface area contributed by atoms with Crippen molar-refractivity contribution in [2.75, 3.05) is 7.05 Å². The Morgan fingerprint density at radius 1 is 1.46 bits per heavy atom. The molecule has 6 nitrogen and oxygen atoms in total. The number of aliphatic hydroxyl groups excluding tert-OH is 1. The van der Waals surface area contributed by atoms with Crippen LogP contribution in [-0.4, -0.2) is 28.7 Å².